The maximum atomic E-state index is 12.9. The summed E-state index contributed by atoms with van der Waals surface area (Å²) in [4.78, 5) is 22.9. The van der Waals surface area contributed by atoms with Crippen molar-refractivity contribution in [3.8, 4) is 0 Å². The van der Waals surface area contributed by atoms with Gasteiger partial charge in [-0.05, 0) is 38.5 Å². The van der Waals surface area contributed by atoms with Crippen molar-refractivity contribution in [3.63, 3.8) is 0 Å². The van der Waals surface area contributed by atoms with Gasteiger partial charge in [-0.3, -0.25) is 13.8 Å². The average molecular weight is 845 g/mol. The third-order valence-corrected chi connectivity index (χ3v) is 12.4. The molecule has 0 spiro atoms. The number of nitrogens with two attached hydrogens (primary N) is 1. The lowest BCUT2D eigenvalue weighted by atomic mass is 10.0. The van der Waals surface area contributed by atoms with Crippen molar-refractivity contribution < 1.29 is 33.5 Å². The molecule has 0 fully saturated rings. The topological polar surface area (TPSA) is 151 Å². The molecule has 6 N–H and O–H groups in total. The third-order valence-electron chi connectivity index (χ3n) is 11.4. The standard InChI is InChI=1S/C48H97N2O7P/c1-3-5-7-9-11-13-15-17-19-21-22-24-25-27-29-31-33-35-37-39-45(51)43-48(53)50-46(44-57-58(54,55)56-42-41-49)47(52)40-38-36-34-32-30-28-26-23-20-18-16-14-12-10-8-6-4-2/h24-25,45-47,51-52H,3-23,26-44,49H2,1-2H3,(H,50,53)(H,54,55)/b25-24-. The summed E-state index contributed by atoms with van der Waals surface area (Å²) in [6, 6.07) is -0.897. The zero-order valence-electron chi connectivity index (χ0n) is 38.2. The van der Waals surface area contributed by atoms with Gasteiger partial charge in [0, 0.05) is 6.54 Å². The lowest BCUT2D eigenvalue weighted by Gasteiger charge is -2.25. The maximum Gasteiger partial charge on any atom is 0.472 e. The van der Waals surface area contributed by atoms with Crippen LogP contribution in [0.4, 0.5) is 0 Å². The Morgan fingerprint density at radius 3 is 1.33 bits per heavy atom. The molecule has 0 saturated heterocycles. The van der Waals surface area contributed by atoms with Gasteiger partial charge < -0.3 is 26.2 Å². The molecule has 58 heavy (non-hydrogen) atoms. The number of phosphoric ester groups is 1. The van der Waals surface area contributed by atoms with E-state index in [1.165, 1.54) is 173 Å². The highest BCUT2D eigenvalue weighted by atomic mass is 31.2. The number of hydrogen-bond acceptors (Lipinski definition) is 7. The number of aliphatic hydroxyl groups is 2. The first-order valence-corrected chi connectivity index (χ1v) is 26.4. The predicted molar refractivity (Wildman–Crippen MR) is 246 cm³/mol. The van der Waals surface area contributed by atoms with Gasteiger partial charge in [0.2, 0.25) is 5.91 Å². The second-order valence-electron chi connectivity index (χ2n) is 17.2. The summed E-state index contributed by atoms with van der Waals surface area (Å²) in [7, 11) is -4.38. The second kappa shape index (κ2) is 44.3. The van der Waals surface area contributed by atoms with Crippen LogP contribution < -0.4 is 11.1 Å². The summed E-state index contributed by atoms with van der Waals surface area (Å²) >= 11 is 0. The molecule has 0 aliphatic carbocycles. The fourth-order valence-electron chi connectivity index (χ4n) is 7.65. The molecule has 0 aromatic rings. The molecule has 0 radical (unpaired) electrons. The fourth-order valence-corrected chi connectivity index (χ4v) is 8.41. The Morgan fingerprint density at radius 1 is 0.569 bits per heavy atom. The number of rotatable bonds is 47. The minimum Gasteiger partial charge on any atom is -0.393 e. The van der Waals surface area contributed by atoms with E-state index in [0.717, 1.165) is 44.9 Å². The summed E-state index contributed by atoms with van der Waals surface area (Å²) in [6.07, 6.45) is 46.8. The zero-order valence-corrected chi connectivity index (χ0v) is 39.1. The minimum absolute atomic E-state index is 0.0603. The number of carbonyl (C=O) groups is 1. The van der Waals surface area contributed by atoms with E-state index in [9.17, 15) is 24.5 Å². The number of hydrogen-bond donors (Lipinski definition) is 5. The summed E-state index contributed by atoms with van der Waals surface area (Å²) in [5.74, 6) is -0.414. The highest BCUT2D eigenvalue weighted by Gasteiger charge is 2.28. The van der Waals surface area contributed by atoms with Crippen molar-refractivity contribution >= 4 is 13.7 Å². The number of nitrogens with one attached hydrogen (secondary N) is 1. The number of allylic oxidation sites excluding steroid dienone is 2. The van der Waals surface area contributed by atoms with Crippen LogP contribution in [0.5, 0.6) is 0 Å². The van der Waals surface area contributed by atoms with E-state index in [0.29, 0.717) is 12.8 Å². The molecule has 0 bridgehead atoms. The summed E-state index contributed by atoms with van der Waals surface area (Å²) in [5, 5.41) is 24.3. The quantitative estimate of drug-likeness (QED) is 0.0231. The van der Waals surface area contributed by atoms with Crippen LogP contribution in [0.1, 0.15) is 251 Å². The molecule has 0 aliphatic rings. The lowest BCUT2D eigenvalue weighted by Crippen LogP contribution is -2.47. The van der Waals surface area contributed by atoms with Crippen molar-refractivity contribution in [1.29, 1.82) is 0 Å². The van der Waals surface area contributed by atoms with E-state index in [1.807, 2.05) is 0 Å². The van der Waals surface area contributed by atoms with Gasteiger partial charge >= 0.3 is 7.82 Å². The highest BCUT2D eigenvalue weighted by molar-refractivity contribution is 7.47. The monoisotopic (exact) mass is 845 g/mol. The molecule has 9 nitrogen and oxygen atoms in total. The van der Waals surface area contributed by atoms with Crippen LogP contribution in [0.15, 0.2) is 12.2 Å². The van der Waals surface area contributed by atoms with Crippen molar-refractivity contribution in [1.82, 2.24) is 5.32 Å². The molecule has 0 aromatic heterocycles. The predicted octanol–water partition coefficient (Wildman–Crippen LogP) is 13.3. The van der Waals surface area contributed by atoms with E-state index in [4.69, 9.17) is 14.8 Å². The minimum atomic E-state index is -4.38. The van der Waals surface area contributed by atoms with E-state index in [2.05, 4.69) is 31.3 Å². The van der Waals surface area contributed by atoms with E-state index < -0.39 is 32.0 Å². The Hall–Kier alpha value is -0.800. The number of amides is 1. The van der Waals surface area contributed by atoms with Crippen molar-refractivity contribution in [2.24, 2.45) is 5.73 Å². The molecule has 4 unspecified atom stereocenters. The molecule has 0 heterocycles. The second-order valence-corrected chi connectivity index (χ2v) is 18.7. The fraction of sp³-hybridized carbons (Fsp3) is 0.938. The highest BCUT2D eigenvalue weighted by Crippen LogP contribution is 2.43. The summed E-state index contributed by atoms with van der Waals surface area (Å²) < 4.78 is 22.2. The normalized spacial score (nSPS) is 14.5. The van der Waals surface area contributed by atoms with Crippen molar-refractivity contribution in [2.75, 3.05) is 19.8 Å². The summed E-state index contributed by atoms with van der Waals surface area (Å²) in [5.41, 5.74) is 5.38. The Morgan fingerprint density at radius 2 is 0.931 bits per heavy atom. The zero-order chi connectivity index (χ0) is 42.6. The van der Waals surface area contributed by atoms with Crippen LogP contribution in [0.2, 0.25) is 0 Å². The van der Waals surface area contributed by atoms with Crippen molar-refractivity contribution in [3.05, 3.63) is 12.2 Å². The Bertz CT molecular complexity index is 940. The molecule has 1 amide bonds. The molecule has 4 atom stereocenters. The SMILES string of the molecule is CCCCCCCCCCCC/C=C\CCCCCCCC(O)CC(=O)NC(COP(=O)(O)OCCN)C(O)CCCCCCCCCCCCCCCCCCC. The molecule has 0 saturated carbocycles. The van der Waals surface area contributed by atoms with Gasteiger partial charge in [-0.25, -0.2) is 4.57 Å². The first-order valence-electron chi connectivity index (χ1n) is 24.9. The Balaban J connectivity index is 4.17. The molecule has 10 heteroatoms. The van der Waals surface area contributed by atoms with Crippen LogP contribution in [-0.4, -0.2) is 59.0 Å². The van der Waals surface area contributed by atoms with Crippen LogP contribution in [0.25, 0.3) is 0 Å². The molecular weight excluding hydrogens is 748 g/mol. The molecule has 0 aliphatic heterocycles. The first-order chi connectivity index (χ1) is 28.3. The largest absolute Gasteiger partial charge is 0.472 e. The van der Waals surface area contributed by atoms with E-state index in [1.54, 1.807) is 0 Å². The van der Waals surface area contributed by atoms with Crippen LogP contribution >= 0.6 is 7.82 Å². The van der Waals surface area contributed by atoms with Crippen molar-refractivity contribution in [2.45, 2.75) is 270 Å². The van der Waals surface area contributed by atoms with Gasteiger partial charge in [-0.2, -0.15) is 0 Å². The number of unbranched alkanes of at least 4 members (excludes halogenated alkanes) is 31. The van der Waals surface area contributed by atoms with Crippen LogP contribution in [-0.2, 0) is 18.4 Å². The lowest BCUT2D eigenvalue weighted by molar-refractivity contribution is -0.125. The molecule has 0 rings (SSSR count). The van der Waals surface area contributed by atoms with Gasteiger partial charge in [-0.15, -0.1) is 0 Å². The number of phosphoric acid groups is 1. The van der Waals surface area contributed by atoms with E-state index >= 15 is 0 Å². The van der Waals surface area contributed by atoms with Gasteiger partial charge in [0.1, 0.15) is 0 Å². The first kappa shape index (κ1) is 57.2. The summed E-state index contributed by atoms with van der Waals surface area (Å²) in [6.45, 7) is 4.08. The average Bonchev–Trinajstić information content (AvgIpc) is 3.20. The van der Waals surface area contributed by atoms with Crippen LogP contribution in [0.3, 0.4) is 0 Å². The van der Waals surface area contributed by atoms with Gasteiger partial charge in [0.25, 0.3) is 0 Å². The number of carbonyl (C=O) groups excluding carboxylic acids is 1. The number of aliphatic hydroxyl groups excluding tert-OH is 2. The molecule has 346 valence electrons. The molecular formula is C48H97N2O7P. The Kier molecular flexibility index (Phi) is 43.7. The van der Waals surface area contributed by atoms with Crippen LogP contribution in [0, 0.1) is 0 Å². The third kappa shape index (κ3) is 41.9. The molecule has 0 aromatic carbocycles. The van der Waals surface area contributed by atoms with Gasteiger partial charge in [0.05, 0.1) is 37.9 Å². The smallest absolute Gasteiger partial charge is 0.393 e. The van der Waals surface area contributed by atoms with E-state index in [-0.39, 0.29) is 26.2 Å². The maximum absolute atomic E-state index is 12.9. The Labute approximate surface area is 358 Å². The van der Waals surface area contributed by atoms with Gasteiger partial charge in [-0.1, -0.05) is 219 Å². The van der Waals surface area contributed by atoms with Gasteiger partial charge in [0.15, 0.2) is 0 Å².